The highest BCUT2D eigenvalue weighted by atomic mass is 16.5. The van der Waals surface area contributed by atoms with Crippen molar-refractivity contribution in [1.82, 2.24) is 0 Å². The Bertz CT molecular complexity index is 576. The fourth-order valence-corrected chi connectivity index (χ4v) is 1.78. The summed E-state index contributed by atoms with van der Waals surface area (Å²) in [5.41, 5.74) is 1.60. The van der Waals surface area contributed by atoms with Crippen LogP contribution in [0.1, 0.15) is 29.8 Å². The van der Waals surface area contributed by atoms with Crippen LogP contribution in [0.2, 0.25) is 0 Å². The molecule has 0 atom stereocenters. The summed E-state index contributed by atoms with van der Waals surface area (Å²) in [6, 6.07) is 17.0. The van der Waals surface area contributed by atoms with E-state index in [1.807, 2.05) is 50.2 Å². The lowest BCUT2D eigenvalue weighted by atomic mass is 10.2. The van der Waals surface area contributed by atoms with Crippen LogP contribution in [0.25, 0.3) is 0 Å². The Balaban J connectivity index is 1.96. The smallest absolute Gasteiger partial charge is 0.338 e. The van der Waals surface area contributed by atoms with E-state index in [9.17, 15) is 4.79 Å². The molecule has 3 nitrogen and oxygen atoms in total. The predicted molar refractivity (Wildman–Crippen MR) is 82.3 cm³/mol. The average molecular weight is 284 g/mol. The lowest BCUT2D eigenvalue weighted by molar-refractivity contribution is 0.0458. The van der Waals surface area contributed by atoms with Gasteiger partial charge in [0.05, 0.1) is 12.2 Å². The van der Waals surface area contributed by atoms with Crippen LogP contribution < -0.4 is 4.74 Å². The normalized spacial score (nSPS) is 10.4. The molecule has 2 aromatic carbocycles. The first-order valence-electron chi connectivity index (χ1n) is 7.09. The second-order valence-electron chi connectivity index (χ2n) is 5.29. The summed E-state index contributed by atoms with van der Waals surface area (Å²) in [4.78, 5) is 11.9. The van der Waals surface area contributed by atoms with Gasteiger partial charge in [0.2, 0.25) is 0 Å². The lowest BCUT2D eigenvalue weighted by Gasteiger charge is -2.09. The summed E-state index contributed by atoms with van der Waals surface area (Å²) < 4.78 is 10.9. The molecule has 0 aromatic heterocycles. The van der Waals surface area contributed by atoms with Gasteiger partial charge in [0.1, 0.15) is 12.4 Å². The molecule has 0 saturated heterocycles. The fraction of sp³-hybridized carbons (Fsp3) is 0.278. The van der Waals surface area contributed by atoms with Crippen molar-refractivity contribution in [3.63, 3.8) is 0 Å². The van der Waals surface area contributed by atoms with Crippen LogP contribution in [0.4, 0.5) is 0 Å². The predicted octanol–water partition coefficient (Wildman–Crippen LogP) is 4.08. The third kappa shape index (κ3) is 4.95. The molecule has 0 N–H and O–H groups in total. The van der Waals surface area contributed by atoms with Gasteiger partial charge in [0.15, 0.2) is 0 Å². The molecule has 0 unspecified atom stereocenters. The number of rotatable bonds is 6. The van der Waals surface area contributed by atoms with Crippen LogP contribution in [0, 0.1) is 5.92 Å². The molecule has 0 saturated carbocycles. The van der Waals surface area contributed by atoms with Gasteiger partial charge in [0.25, 0.3) is 0 Å². The number of carbonyl (C=O) groups is 1. The molecule has 0 aliphatic rings. The highest BCUT2D eigenvalue weighted by Crippen LogP contribution is 2.16. The van der Waals surface area contributed by atoms with E-state index < -0.39 is 0 Å². The summed E-state index contributed by atoms with van der Waals surface area (Å²) in [6.45, 7) is 4.92. The van der Waals surface area contributed by atoms with Gasteiger partial charge in [-0.1, -0.05) is 50.2 Å². The number of hydrogen-bond acceptors (Lipinski definition) is 3. The van der Waals surface area contributed by atoms with E-state index in [1.54, 1.807) is 18.2 Å². The van der Waals surface area contributed by atoms with Crippen molar-refractivity contribution in [3.8, 4) is 5.75 Å². The molecule has 2 aromatic rings. The maximum Gasteiger partial charge on any atom is 0.338 e. The van der Waals surface area contributed by atoms with Gasteiger partial charge in [-0.3, -0.25) is 0 Å². The number of hydrogen-bond donors (Lipinski definition) is 0. The van der Waals surface area contributed by atoms with Crippen molar-refractivity contribution in [2.24, 2.45) is 5.92 Å². The summed E-state index contributed by atoms with van der Waals surface area (Å²) in [6.07, 6.45) is 0. The fourth-order valence-electron chi connectivity index (χ4n) is 1.78. The van der Waals surface area contributed by atoms with E-state index in [1.165, 1.54) is 0 Å². The molecule has 0 spiro atoms. The van der Waals surface area contributed by atoms with Crippen molar-refractivity contribution >= 4 is 5.97 Å². The minimum atomic E-state index is -0.311. The van der Waals surface area contributed by atoms with E-state index in [2.05, 4.69) is 0 Å². The van der Waals surface area contributed by atoms with Crippen molar-refractivity contribution in [2.75, 3.05) is 6.61 Å². The topological polar surface area (TPSA) is 35.5 Å². The van der Waals surface area contributed by atoms with Crippen molar-refractivity contribution < 1.29 is 14.3 Å². The largest absolute Gasteiger partial charge is 0.489 e. The van der Waals surface area contributed by atoms with E-state index >= 15 is 0 Å². The molecular formula is C18H20O3. The number of esters is 1. The molecular weight excluding hydrogens is 264 g/mol. The van der Waals surface area contributed by atoms with E-state index in [0.29, 0.717) is 30.4 Å². The Hall–Kier alpha value is -2.29. The third-order valence-electron chi connectivity index (χ3n) is 2.87. The molecule has 21 heavy (non-hydrogen) atoms. The first-order chi connectivity index (χ1) is 10.1. The zero-order chi connectivity index (χ0) is 15.1. The first kappa shape index (κ1) is 15.1. The van der Waals surface area contributed by atoms with Gasteiger partial charge in [-0.05, 0) is 29.7 Å². The minimum absolute atomic E-state index is 0.311. The maximum absolute atomic E-state index is 11.9. The zero-order valence-corrected chi connectivity index (χ0v) is 12.4. The Morgan fingerprint density at radius 1 is 1.05 bits per heavy atom. The Labute approximate surface area is 125 Å². The molecule has 0 fully saturated rings. The van der Waals surface area contributed by atoms with Crippen LogP contribution >= 0.6 is 0 Å². The lowest BCUT2D eigenvalue weighted by Crippen LogP contribution is -2.10. The second kappa shape index (κ2) is 7.48. The number of carbonyl (C=O) groups excluding carboxylic acids is 1. The monoisotopic (exact) mass is 284 g/mol. The van der Waals surface area contributed by atoms with Gasteiger partial charge in [-0.2, -0.15) is 0 Å². The Morgan fingerprint density at radius 2 is 1.81 bits per heavy atom. The molecule has 0 aliphatic carbocycles. The molecule has 110 valence electrons. The first-order valence-corrected chi connectivity index (χ1v) is 7.09. The molecule has 0 aliphatic heterocycles. The highest BCUT2D eigenvalue weighted by molar-refractivity contribution is 5.89. The molecule has 3 heteroatoms. The van der Waals surface area contributed by atoms with Gasteiger partial charge in [-0.15, -0.1) is 0 Å². The van der Waals surface area contributed by atoms with Crippen molar-refractivity contribution in [3.05, 3.63) is 65.7 Å². The van der Waals surface area contributed by atoms with Crippen LogP contribution in [-0.4, -0.2) is 12.6 Å². The SMILES string of the molecule is CC(C)COC(=O)c1cccc(OCc2ccccc2)c1. The Morgan fingerprint density at radius 3 is 2.52 bits per heavy atom. The van der Waals surface area contributed by atoms with Gasteiger partial charge < -0.3 is 9.47 Å². The van der Waals surface area contributed by atoms with E-state index in [0.717, 1.165) is 5.56 Å². The number of benzene rings is 2. The third-order valence-corrected chi connectivity index (χ3v) is 2.87. The van der Waals surface area contributed by atoms with E-state index in [4.69, 9.17) is 9.47 Å². The molecule has 2 rings (SSSR count). The van der Waals surface area contributed by atoms with Crippen LogP contribution in [0.15, 0.2) is 54.6 Å². The molecule has 0 amide bonds. The van der Waals surface area contributed by atoms with Gasteiger partial charge >= 0.3 is 5.97 Å². The van der Waals surface area contributed by atoms with Gasteiger partial charge in [0, 0.05) is 0 Å². The summed E-state index contributed by atoms with van der Waals surface area (Å²) in [7, 11) is 0. The van der Waals surface area contributed by atoms with Crippen LogP contribution in [0.3, 0.4) is 0 Å². The van der Waals surface area contributed by atoms with Crippen molar-refractivity contribution in [1.29, 1.82) is 0 Å². The maximum atomic E-state index is 11.9. The van der Waals surface area contributed by atoms with Crippen molar-refractivity contribution in [2.45, 2.75) is 20.5 Å². The molecule has 0 heterocycles. The zero-order valence-electron chi connectivity index (χ0n) is 12.4. The molecule has 0 bridgehead atoms. The van der Waals surface area contributed by atoms with Crippen LogP contribution in [-0.2, 0) is 11.3 Å². The van der Waals surface area contributed by atoms with Crippen LogP contribution in [0.5, 0.6) is 5.75 Å². The highest BCUT2D eigenvalue weighted by Gasteiger charge is 2.09. The summed E-state index contributed by atoms with van der Waals surface area (Å²) in [5.74, 6) is 0.679. The quantitative estimate of drug-likeness (QED) is 0.750. The Kier molecular flexibility index (Phi) is 5.38. The standard InChI is InChI=1S/C18H20O3/c1-14(2)12-21-18(19)16-9-6-10-17(11-16)20-13-15-7-4-3-5-8-15/h3-11,14H,12-13H2,1-2H3. The summed E-state index contributed by atoms with van der Waals surface area (Å²) in [5, 5.41) is 0. The summed E-state index contributed by atoms with van der Waals surface area (Å²) >= 11 is 0. The van der Waals surface area contributed by atoms with E-state index in [-0.39, 0.29) is 5.97 Å². The van der Waals surface area contributed by atoms with Gasteiger partial charge in [-0.25, -0.2) is 4.79 Å². The second-order valence-corrected chi connectivity index (χ2v) is 5.29. The number of ether oxygens (including phenoxy) is 2. The minimum Gasteiger partial charge on any atom is -0.489 e. The average Bonchev–Trinajstić information content (AvgIpc) is 2.52. The molecule has 0 radical (unpaired) electrons.